The van der Waals surface area contributed by atoms with E-state index in [1.165, 1.54) is 0 Å². The van der Waals surface area contributed by atoms with Gasteiger partial charge in [0.25, 0.3) is 5.91 Å². The third-order valence-electron chi connectivity index (χ3n) is 2.73. The fourth-order valence-electron chi connectivity index (χ4n) is 1.82. The second-order valence-corrected chi connectivity index (χ2v) is 5.79. The third-order valence-corrected chi connectivity index (χ3v) is 2.73. The highest BCUT2D eigenvalue weighted by molar-refractivity contribution is 5.93. The Morgan fingerprint density at radius 3 is 2.59 bits per heavy atom. The number of benzene rings is 1. The molecule has 1 aromatic carbocycles. The van der Waals surface area contributed by atoms with Gasteiger partial charge < -0.3 is 15.4 Å². The second kappa shape index (κ2) is 6.43. The molecule has 6 nitrogen and oxygen atoms in total. The van der Waals surface area contributed by atoms with Crippen molar-refractivity contribution in [2.45, 2.75) is 26.3 Å². The summed E-state index contributed by atoms with van der Waals surface area (Å²) in [7, 11) is 1.59. The third kappa shape index (κ3) is 4.18. The van der Waals surface area contributed by atoms with Gasteiger partial charge in [-0.1, -0.05) is 12.1 Å². The van der Waals surface area contributed by atoms with E-state index in [-0.39, 0.29) is 11.4 Å². The van der Waals surface area contributed by atoms with Gasteiger partial charge in [-0.2, -0.15) is 0 Å². The number of rotatable bonds is 4. The summed E-state index contributed by atoms with van der Waals surface area (Å²) in [5.41, 5.74) is 0.721. The van der Waals surface area contributed by atoms with E-state index >= 15 is 0 Å². The molecule has 2 N–H and O–H groups in total. The van der Waals surface area contributed by atoms with Crippen molar-refractivity contribution in [3.63, 3.8) is 0 Å². The summed E-state index contributed by atoms with van der Waals surface area (Å²) in [6.45, 7) is 5.75. The standard InChI is InChI=1S/C16H20N4O2/c1-16(2,3)20-14(21)12-9-10-17-15(19-12)18-11-7-5-6-8-13(11)22-4/h5-10H,1-4H3,(H,20,21)(H,17,18,19). The second-order valence-electron chi connectivity index (χ2n) is 5.79. The van der Waals surface area contributed by atoms with Crippen LogP contribution in [0, 0.1) is 0 Å². The van der Waals surface area contributed by atoms with E-state index in [0.717, 1.165) is 5.69 Å². The molecule has 0 radical (unpaired) electrons. The number of carbonyl (C=O) groups is 1. The summed E-state index contributed by atoms with van der Waals surface area (Å²) in [5.74, 6) is 0.777. The van der Waals surface area contributed by atoms with Gasteiger partial charge in [-0.3, -0.25) is 4.79 Å². The van der Waals surface area contributed by atoms with Crippen LogP contribution in [0.15, 0.2) is 36.5 Å². The monoisotopic (exact) mass is 300 g/mol. The Labute approximate surface area is 129 Å². The van der Waals surface area contributed by atoms with Crippen LogP contribution in [-0.2, 0) is 0 Å². The fourth-order valence-corrected chi connectivity index (χ4v) is 1.82. The van der Waals surface area contributed by atoms with Crippen molar-refractivity contribution in [3.8, 4) is 5.75 Å². The van der Waals surface area contributed by atoms with Crippen molar-refractivity contribution in [2.24, 2.45) is 0 Å². The zero-order chi connectivity index (χ0) is 16.2. The van der Waals surface area contributed by atoms with Crippen molar-refractivity contribution in [1.29, 1.82) is 0 Å². The first-order valence-electron chi connectivity index (χ1n) is 6.94. The highest BCUT2D eigenvalue weighted by atomic mass is 16.5. The predicted molar refractivity (Wildman–Crippen MR) is 85.5 cm³/mol. The Balaban J connectivity index is 2.20. The number of nitrogens with zero attached hydrogens (tertiary/aromatic N) is 2. The fraction of sp³-hybridized carbons (Fsp3) is 0.312. The number of carbonyl (C=O) groups excluding carboxylic acids is 1. The number of amides is 1. The zero-order valence-electron chi connectivity index (χ0n) is 13.2. The number of hydrogen-bond donors (Lipinski definition) is 2. The van der Waals surface area contributed by atoms with Gasteiger partial charge >= 0.3 is 0 Å². The highest BCUT2D eigenvalue weighted by Gasteiger charge is 2.17. The summed E-state index contributed by atoms with van der Waals surface area (Å²) in [5, 5.41) is 5.92. The molecule has 1 heterocycles. The van der Waals surface area contributed by atoms with E-state index in [9.17, 15) is 4.79 Å². The molecular formula is C16H20N4O2. The molecule has 0 aliphatic rings. The summed E-state index contributed by atoms with van der Waals surface area (Å²) >= 11 is 0. The van der Waals surface area contributed by atoms with Gasteiger partial charge in [-0.05, 0) is 39.0 Å². The number of anilines is 2. The normalized spacial score (nSPS) is 10.9. The Bertz CT molecular complexity index is 665. The average Bonchev–Trinajstić information content (AvgIpc) is 2.46. The molecule has 22 heavy (non-hydrogen) atoms. The van der Waals surface area contributed by atoms with Crippen LogP contribution >= 0.6 is 0 Å². The van der Waals surface area contributed by atoms with E-state index in [2.05, 4.69) is 20.6 Å². The first-order valence-corrected chi connectivity index (χ1v) is 6.94. The van der Waals surface area contributed by atoms with Crippen LogP contribution in [0.25, 0.3) is 0 Å². The average molecular weight is 300 g/mol. The molecule has 0 unspecified atom stereocenters. The van der Waals surface area contributed by atoms with Gasteiger partial charge in [-0.25, -0.2) is 9.97 Å². The van der Waals surface area contributed by atoms with E-state index in [1.807, 2.05) is 45.0 Å². The van der Waals surface area contributed by atoms with E-state index in [4.69, 9.17) is 4.74 Å². The molecule has 0 atom stereocenters. The first-order chi connectivity index (χ1) is 10.4. The molecule has 0 saturated heterocycles. The molecule has 1 aromatic heterocycles. The summed E-state index contributed by atoms with van der Waals surface area (Å²) in [6, 6.07) is 9.01. The van der Waals surface area contributed by atoms with Crippen LogP contribution in [0.5, 0.6) is 5.75 Å². The van der Waals surface area contributed by atoms with Crippen LogP contribution in [0.1, 0.15) is 31.3 Å². The maximum atomic E-state index is 12.1. The van der Waals surface area contributed by atoms with E-state index < -0.39 is 0 Å². The lowest BCUT2D eigenvalue weighted by Crippen LogP contribution is -2.41. The molecule has 6 heteroatoms. The molecule has 0 saturated carbocycles. The van der Waals surface area contributed by atoms with Gasteiger partial charge in [0.15, 0.2) is 0 Å². The first kappa shape index (κ1) is 15.8. The van der Waals surface area contributed by atoms with Crippen LogP contribution < -0.4 is 15.4 Å². The quantitative estimate of drug-likeness (QED) is 0.908. The summed E-state index contributed by atoms with van der Waals surface area (Å²) in [4.78, 5) is 20.5. The van der Waals surface area contributed by atoms with Crippen molar-refractivity contribution in [2.75, 3.05) is 12.4 Å². The summed E-state index contributed by atoms with van der Waals surface area (Å²) < 4.78 is 5.26. The molecule has 0 aliphatic heterocycles. The summed E-state index contributed by atoms with van der Waals surface area (Å²) in [6.07, 6.45) is 1.54. The molecule has 116 valence electrons. The lowest BCUT2D eigenvalue weighted by atomic mass is 10.1. The number of methoxy groups -OCH3 is 1. The van der Waals surface area contributed by atoms with Crippen molar-refractivity contribution < 1.29 is 9.53 Å². The molecule has 0 aliphatic carbocycles. The van der Waals surface area contributed by atoms with Gasteiger partial charge in [0.1, 0.15) is 11.4 Å². The van der Waals surface area contributed by atoms with Crippen molar-refractivity contribution in [1.82, 2.24) is 15.3 Å². The number of para-hydroxylation sites is 2. The van der Waals surface area contributed by atoms with Crippen LogP contribution in [-0.4, -0.2) is 28.5 Å². The highest BCUT2D eigenvalue weighted by Crippen LogP contribution is 2.25. The van der Waals surface area contributed by atoms with Gasteiger partial charge in [0.05, 0.1) is 12.8 Å². The van der Waals surface area contributed by atoms with E-state index in [0.29, 0.717) is 17.4 Å². The molecular weight excluding hydrogens is 280 g/mol. The van der Waals surface area contributed by atoms with Gasteiger partial charge in [0, 0.05) is 11.7 Å². The van der Waals surface area contributed by atoms with Gasteiger partial charge in [0.2, 0.25) is 5.95 Å². The smallest absolute Gasteiger partial charge is 0.270 e. The van der Waals surface area contributed by atoms with Crippen molar-refractivity contribution in [3.05, 3.63) is 42.2 Å². The lowest BCUT2D eigenvalue weighted by molar-refractivity contribution is 0.0914. The lowest BCUT2D eigenvalue weighted by Gasteiger charge is -2.20. The Morgan fingerprint density at radius 2 is 1.91 bits per heavy atom. The Kier molecular flexibility index (Phi) is 4.60. The number of nitrogens with one attached hydrogen (secondary N) is 2. The maximum Gasteiger partial charge on any atom is 0.270 e. The molecule has 2 rings (SSSR count). The minimum atomic E-state index is -0.321. The Morgan fingerprint density at radius 1 is 1.18 bits per heavy atom. The number of hydrogen-bond acceptors (Lipinski definition) is 5. The maximum absolute atomic E-state index is 12.1. The molecule has 2 aromatic rings. The molecule has 0 spiro atoms. The van der Waals surface area contributed by atoms with Crippen LogP contribution in [0.2, 0.25) is 0 Å². The minimum absolute atomic E-state index is 0.238. The van der Waals surface area contributed by atoms with Gasteiger partial charge in [-0.15, -0.1) is 0 Å². The van der Waals surface area contributed by atoms with Crippen LogP contribution in [0.4, 0.5) is 11.6 Å². The zero-order valence-corrected chi connectivity index (χ0v) is 13.2. The molecule has 1 amide bonds. The topological polar surface area (TPSA) is 76.1 Å². The number of aromatic nitrogens is 2. The van der Waals surface area contributed by atoms with Crippen molar-refractivity contribution >= 4 is 17.5 Å². The molecule has 0 bridgehead atoms. The predicted octanol–water partition coefficient (Wildman–Crippen LogP) is 2.76. The van der Waals surface area contributed by atoms with Crippen LogP contribution in [0.3, 0.4) is 0 Å². The SMILES string of the molecule is COc1ccccc1Nc1nccc(C(=O)NC(C)(C)C)n1. The Hall–Kier alpha value is -2.63. The molecule has 0 fully saturated rings. The minimum Gasteiger partial charge on any atom is -0.495 e. The number of ether oxygens (including phenoxy) is 1. The largest absolute Gasteiger partial charge is 0.495 e. The van der Waals surface area contributed by atoms with E-state index in [1.54, 1.807) is 19.4 Å².